The first-order valence-corrected chi connectivity index (χ1v) is 7.39. The molecule has 0 radical (unpaired) electrons. The second-order valence-corrected chi connectivity index (χ2v) is 5.72. The average molecular weight is 304 g/mol. The number of aromatic carboxylic acids is 1. The molecule has 0 spiro atoms. The van der Waals surface area contributed by atoms with E-state index in [9.17, 15) is 9.59 Å². The topological polar surface area (TPSA) is 79.3 Å². The van der Waals surface area contributed by atoms with E-state index in [4.69, 9.17) is 5.11 Å². The molecule has 5 nitrogen and oxygen atoms in total. The Morgan fingerprint density at radius 1 is 1.29 bits per heavy atom. The maximum Gasteiger partial charge on any atom is 0.347 e. The molecule has 2 aromatic rings. The molecule has 2 N–H and O–H groups in total. The van der Waals surface area contributed by atoms with E-state index in [1.807, 2.05) is 38.1 Å². The van der Waals surface area contributed by atoms with Crippen LogP contribution in [0.1, 0.15) is 32.9 Å². The van der Waals surface area contributed by atoms with Gasteiger partial charge in [0.15, 0.2) is 0 Å². The highest BCUT2D eigenvalue weighted by molar-refractivity contribution is 7.13. The molecule has 1 aromatic carbocycles. The summed E-state index contributed by atoms with van der Waals surface area (Å²) in [4.78, 5) is 27.5. The number of nitrogens with zero attached hydrogens (tertiary/aromatic N) is 1. The third-order valence-electron chi connectivity index (χ3n) is 2.92. The summed E-state index contributed by atoms with van der Waals surface area (Å²) >= 11 is 1.06. The molecule has 1 amide bonds. The highest BCUT2D eigenvalue weighted by Crippen LogP contribution is 2.20. The van der Waals surface area contributed by atoms with Crippen LogP contribution in [0.4, 0.5) is 5.69 Å². The molecule has 0 unspecified atom stereocenters. The van der Waals surface area contributed by atoms with Gasteiger partial charge in [-0.25, -0.2) is 9.78 Å². The summed E-state index contributed by atoms with van der Waals surface area (Å²) in [5.74, 6) is -1.19. The summed E-state index contributed by atoms with van der Waals surface area (Å²) in [5, 5.41) is 12.4. The Morgan fingerprint density at radius 2 is 1.95 bits per heavy atom. The lowest BCUT2D eigenvalue weighted by Crippen LogP contribution is -2.14. The quantitative estimate of drug-likeness (QED) is 0.890. The fourth-order valence-electron chi connectivity index (χ4n) is 1.86. The average Bonchev–Trinajstić information content (AvgIpc) is 2.84. The molecule has 0 saturated heterocycles. The SMILES string of the molecule is CCc1nc(CC(=O)Nc2ccc(C)cc2)sc1C(=O)O. The smallest absolute Gasteiger partial charge is 0.347 e. The Bertz CT molecular complexity index is 662. The van der Waals surface area contributed by atoms with Gasteiger partial charge in [0.05, 0.1) is 12.1 Å². The number of carboxylic acids is 1. The highest BCUT2D eigenvalue weighted by atomic mass is 32.1. The summed E-state index contributed by atoms with van der Waals surface area (Å²) in [6.45, 7) is 3.82. The van der Waals surface area contributed by atoms with E-state index in [2.05, 4.69) is 10.3 Å². The lowest BCUT2D eigenvalue weighted by molar-refractivity contribution is -0.115. The van der Waals surface area contributed by atoms with Crippen LogP contribution in [-0.2, 0) is 17.6 Å². The van der Waals surface area contributed by atoms with E-state index >= 15 is 0 Å². The molecule has 0 aliphatic heterocycles. The third-order valence-corrected chi connectivity index (χ3v) is 4.00. The zero-order valence-corrected chi connectivity index (χ0v) is 12.7. The third kappa shape index (κ3) is 3.88. The number of nitrogens with one attached hydrogen (secondary N) is 1. The molecule has 0 aliphatic rings. The molecule has 0 saturated carbocycles. The van der Waals surface area contributed by atoms with Crippen molar-refractivity contribution in [1.82, 2.24) is 4.98 Å². The van der Waals surface area contributed by atoms with Crippen molar-refractivity contribution in [2.75, 3.05) is 5.32 Å². The molecule has 21 heavy (non-hydrogen) atoms. The van der Waals surface area contributed by atoms with Crippen molar-refractivity contribution >= 4 is 28.9 Å². The molecular formula is C15H16N2O3S. The van der Waals surface area contributed by atoms with Gasteiger partial charge in [0.1, 0.15) is 9.88 Å². The van der Waals surface area contributed by atoms with Gasteiger partial charge in [0, 0.05) is 5.69 Å². The van der Waals surface area contributed by atoms with Crippen molar-refractivity contribution in [2.24, 2.45) is 0 Å². The number of thiazole rings is 1. The predicted octanol–water partition coefficient (Wildman–Crippen LogP) is 2.89. The number of hydrogen-bond acceptors (Lipinski definition) is 4. The second-order valence-electron chi connectivity index (χ2n) is 4.63. The standard InChI is InChI=1S/C15H16N2O3S/c1-3-11-14(15(19)20)21-13(17-11)8-12(18)16-10-6-4-9(2)5-7-10/h4-7H,3,8H2,1-2H3,(H,16,18)(H,19,20). The monoisotopic (exact) mass is 304 g/mol. The largest absolute Gasteiger partial charge is 0.477 e. The van der Waals surface area contributed by atoms with Crippen molar-refractivity contribution in [3.05, 3.63) is 45.4 Å². The number of hydrogen-bond donors (Lipinski definition) is 2. The number of carbonyl (C=O) groups is 2. The molecule has 0 atom stereocenters. The van der Waals surface area contributed by atoms with Crippen molar-refractivity contribution in [3.8, 4) is 0 Å². The van der Waals surface area contributed by atoms with Crippen LogP contribution in [0.5, 0.6) is 0 Å². The summed E-state index contributed by atoms with van der Waals surface area (Å²) in [6, 6.07) is 7.48. The summed E-state index contributed by atoms with van der Waals surface area (Å²) in [5.41, 5.74) is 2.37. The molecule has 1 aromatic heterocycles. The van der Waals surface area contributed by atoms with E-state index in [1.165, 1.54) is 0 Å². The number of benzene rings is 1. The molecule has 0 aliphatic carbocycles. The first-order chi connectivity index (χ1) is 9.99. The van der Waals surface area contributed by atoms with Gasteiger partial charge in [-0.1, -0.05) is 24.6 Å². The maximum absolute atomic E-state index is 12.0. The zero-order chi connectivity index (χ0) is 15.4. The molecule has 0 fully saturated rings. The maximum atomic E-state index is 12.0. The van der Waals surface area contributed by atoms with Crippen LogP contribution in [0.3, 0.4) is 0 Å². The normalized spacial score (nSPS) is 10.4. The first kappa shape index (κ1) is 15.2. The number of rotatable bonds is 5. The summed E-state index contributed by atoms with van der Waals surface area (Å²) in [6.07, 6.45) is 0.622. The minimum Gasteiger partial charge on any atom is -0.477 e. The molecule has 1 heterocycles. The predicted molar refractivity (Wildman–Crippen MR) is 82.0 cm³/mol. The summed E-state index contributed by atoms with van der Waals surface area (Å²) < 4.78 is 0. The van der Waals surface area contributed by atoms with E-state index in [0.29, 0.717) is 17.1 Å². The number of aromatic nitrogens is 1. The van der Waals surface area contributed by atoms with Crippen LogP contribution in [0, 0.1) is 6.92 Å². The molecule has 0 bridgehead atoms. The van der Waals surface area contributed by atoms with Crippen molar-refractivity contribution in [2.45, 2.75) is 26.7 Å². The Balaban J connectivity index is 2.05. The highest BCUT2D eigenvalue weighted by Gasteiger charge is 2.17. The fraction of sp³-hybridized carbons (Fsp3) is 0.267. The molecule has 110 valence electrons. The number of amides is 1. The minimum absolute atomic E-state index is 0.0822. The van der Waals surface area contributed by atoms with Gasteiger partial charge >= 0.3 is 5.97 Å². The van der Waals surface area contributed by atoms with E-state index in [1.54, 1.807) is 0 Å². The summed E-state index contributed by atoms with van der Waals surface area (Å²) in [7, 11) is 0. The molecular weight excluding hydrogens is 288 g/mol. The lowest BCUT2D eigenvalue weighted by Gasteiger charge is -2.03. The van der Waals surface area contributed by atoms with E-state index in [-0.39, 0.29) is 17.2 Å². The fourth-order valence-corrected chi connectivity index (χ4v) is 2.85. The number of anilines is 1. The van der Waals surface area contributed by atoms with Gasteiger partial charge in [-0.05, 0) is 25.5 Å². The van der Waals surface area contributed by atoms with E-state index < -0.39 is 5.97 Å². The van der Waals surface area contributed by atoms with Crippen molar-refractivity contribution < 1.29 is 14.7 Å². The lowest BCUT2D eigenvalue weighted by atomic mass is 10.2. The Morgan fingerprint density at radius 3 is 2.48 bits per heavy atom. The van der Waals surface area contributed by atoms with Crippen LogP contribution < -0.4 is 5.32 Å². The second kappa shape index (κ2) is 6.49. The van der Waals surface area contributed by atoms with Gasteiger partial charge in [0.2, 0.25) is 5.91 Å². The van der Waals surface area contributed by atoms with Crippen LogP contribution in [-0.4, -0.2) is 22.0 Å². The number of carbonyl (C=O) groups excluding carboxylic acids is 1. The van der Waals surface area contributed by atoms with Gasteiger partial charge in [-0.3, -0.25) is 4.79 Å². The van der Waals surface area contributed by atoms with Crippen LogP contribution in [0.15, 0.2) is 24.3 Å². The van der Waals surface area contributed by atoms with E-state index in [0.717, 1.165) is 22.6 Å². The molecule has 6 heteroatoms. The number of aryl methyl sites for hydroxylation is 2. The van der Waals surface area contributed by atoms with Crippen molar-refractivity contribution in [1.29, 1.82) is 0 Å². The zero-order valence-electron chi connectivity index (χ0n) is 11.8. The van der Waals surface area contributed by atoms with Gasteiger partial charge in [0.25, 0.3) is 0 Å². The Labute approximate surface area is 126 Å². The van der Waals surface area contributed by atoms with Gasteiger partial charge in [-0.15, -0.1) is 11.3 Å². The Hall–Kier alpha value is -2.21. The van der Waals surface area contributed by atoms with Crippen LogP contribution in [0.25, 0.3) is 0 Å². The van der Waals surface area contributed by atoms with Gasteiger partial charge in [-0.2, -0.15) is 0 Å². The first-order valence-electron chi connectivity index (χ1n) is 6.58. The van der Waals surface area contributed by atoms with Crippen molar-refractivity contribution in [3.63, 3.8) is 0 Å². The number of carboxylic acid groups (broad SMARTS) is 1. The minimum atomic E-state index is -0.991. The van der Waals surface area contributed by atoms with Crippen LogP contribution >= 0.6 is 11.3 Å². The Kier molecular flexibility index (Phi) is 4.70. The molecule has 2 rings (SSSR count). The van der Waals surface area contributed by atoms with Crippen LogP contribution in [0.2, 0.25) is 0 Å². The van der Waals surface area contributed by atoms with Gasteiger partial charge < -0.3 is 10.4 Å².